The molecule has 2 heterocycles. The number of halogens is 1. The molecule has 1 atom stereocenters. The van der Waals surface area contributed by atoms with Gasteiger partial charge in [0.05, 0.1) is 17.7 Å². The first-order chi connectivity index (χ1) is 7.28. The molecule has 1 aliphatic heterocycles. The largest absolute Gasteiger partial charge is 0.378 e. The van der Waals surface area contributed by atoms with Gasteiger partial charge < -0.3 is 4.74 Å². The predicted octanol–water partition coefficient (Wildman–Crippen LogP) is 2.25. The number of hydrogen-bond donors (Lipinski definition) is 0. The molecule has 82 valence electrons. The molecule has 2 rings (SSSR count). The molecule has 0 aromatic carbocycles. The third-order valence-electron chi connectivity index (χ3n) is 2.52. The van der Waals surface area contributed by atoms with Crippen LogP contribution in [-0.2, 0) is 17.0 Å². The molecule has 4 heteroatoms. The van der Waals surface area contributed by atoms with E-state index >= 15 is 0 Å². The molecule has 0 spiro atoms. The predicted molar refractivity (Wildman–Crippen MR) is 59.0 cm³/mol. The third-order valence-corrected chi connectivity index (χ3v) is 2.80. The van der Waals surface area contributed by atoms with Crippen LogP contribution in [0.1, 0.15) is 30.1 Å². The number of aromatic nitrogens is 2. The Kier molecular flexibility index (Phi) is 3.54. The van der Waals surface area contributed by atoms with Crippen molar-refractivity contribution in [1.82, 2.24) is 9.97 Å². The van der Waals surface area contributed by atoms with Crippen LogP contribution in [0.4, 0.5) is 0 Å². The number of nitrogens with zero attached hydrogens (tertiary/aromatic N) is 2. The summed E-state index contributed by atoms with van der Waals surface area (Å²) in [6.45, 7) is 2.84. The lowest BCUT2D eigenvalue weighted by molar-refractivity contribution is 0.110. The van der Waals surface area contributed by atoms with E-state index in [0.717, 1.165) is 43.1 Å². The third kappa shape index (κ3) is 2.89. The molecule has 1 aliphatic rings. The summed E-state index contributed by atoms with van der Waals surface area (Å²) in [6.07, 6.45) is 3.38. The molecule has 0 radical (unpaired) electrons. The van der Waals surface area contributed by atoms with Gasteiger partial charge in [0, 0.05) is 18.7 Å². The highest BCUT2D eigenvalue weighted by Gasteiger charge is 2.17. The molecule has 3 nitrogen and oxygen atoms in total. The molecule has 1 aromatic heterocycles. The van der Waals surface area contributed by atoms with Crippen molar-refractivity contribution in [3.05, 3.63) is 23.3 Å². The van der Waals surface area contributed by atoms with Crippen LogP contribution in [0, 0.1) is 6.92 Å². The first kappa shape index (κ1) is 10.8. The second-order valence-corrected chi connectivity index (χ2v) is 4.16. The van der Waals surface area contributed by atoms with Crippen molar-refractivity contribution in [2.24, 2.45) is 0 Å². The maximum Gasteiger partial charge on any atom is 0.131 e. The second kappa shape index (κ2) is 4.90. The van der Waals surface area contributed by atoms with Crippen LogP contribution >= 0.6 is 11.6 Å². The van der Waals surface area contributed by atoms with E-state index in [1.807, 2.05) is 13.0 Å². The van der Waals surface area contributed by atoms with Gasteiger partial charge in [-0.25, -0.2) is 9.97 Å². The lowest BCUT2D eigenvalue weighted by Gasteiger charge is -2.09. The average Bonchev–Trinajstić information content (AvgIpc) is 2.69. The van der Waals surface area contributed by atoms with E-state index in [1.54, 1.807) is 0 Å². The van der Waals surface area contributed by atoms with Crippen LogP contribution in [0.3, 0.4) is 0 Å². The summed E-state index contributed by atoms with van der Waals surface area (Å²) in [5.74, 6) is 1.31. The zero-order valence-corrected chi connectivity index (χ0v) is 9.63. The topological polar surface area (TPSA) is 35.0 Å². The van der Waals surface area contributed by atoms with E-state index in [1.165, 1.54) is 0 Å². The maximum absolute atomic E-state index is 5.77. The van der Waals surface area contributed by atoms with Gasteiger partial charge in [-0.3, -0.25) is 0 Å². The molecule has 15 heavy (non-hydrogen) atoms. The van der Waals surface area contributed by atoms with Crippen LogP contribution in [0.2, 0.25) is 0 Å². The Bertz CT molecular complexity index is 337. The number of ether oxygens (including phenoxy) is 1. The fourth-order valence-corrected chi connectivity index (χ4v) is 2.01. The first-order valence-corrected chi connectivity index (χ1v) is 5.82. The average molecular weight is 227 g/mol. The maximum atomic E-state index is 5.77. The molecule has 1 fully saturated rings. The van der Waals surface area contributed by atoms with Gasteiger partial charge in [-0.2, -0.15) is 0 Å². The van der Waals surface area contributed by atoms with Gasteiger partial charge in [-0.1, -0.05) is 0 Å². The molecule has 0 aliphatic carbocycles. The Morgan fingerprint density at radius 2 is 2.40 bits per heavy atom. The SMILES string of the molecule is Cc1cc(CCl)nc(CC2CCCO2)n1. The molecule has 0 amide bonds. The van der Waals surface area contributed by atoms with Crippen molar-refractivity contribution < 1.29 is 4.74 Å². The van der Waals surface area contributed by atoms with Crippen molar-refractivity contribution in [3.63, 3.8) is 0 Å². The number of alkyl halides is 1. The molecular formula is C11H15ClN2O. The Hall–Kier alpha value is -0.670. The summed E-state index contributed by atoms with van der Waals surface area (Å²) in [4.78, 5) is 8.79. The monoisotopic (exact) mass is 226 g/mol. The van der Waals surface area contributed by atoms with Crippen molar-refractivity contribution >= 4 is 11.6 Å². The van der Waals surface area contributed by atoms with E-state index in [2.05, 4.69) is 9.97 Å². The van der Waals surface area contributed by atoms with Crippen molar-refractivity contribution in [1.29, 1.82) is 0 Å². The minimum atomic E-state index is 0.301. The van der Waals surface area contributed by atoms with Crippen LogP contribution in [0.15, 0.2) is 6.07 Å². The van der Waals surface area contributed by atoms with Crippen LogP contribution in [0.5, 0.6) is 0 Å². The van der Waals surface area contributed by atoms with Gasteiger partial charge in [0.15, 0.2) is 0 Å². The highest BCUT2D eigenvalue weighted by molar-refractivity contribution is 6.16. The van der Waals surface area contributed by atoms with Gasteiger partial charge in [-0.05, 0) is 25.8 Å². The van der Waals surface area contributed by atoms with E-state index in [0.29, 0.717) is 12.0 Å². The molecular weight excluding hydrogens is 212 g/mol. The van der Waals surface area contributed by atoms with E-state index in [4.69, 9.17) is 16.3 Å². The number of aryl methyl sites for hydroxylation is 1. The summed E-state index contributed by atoms with van der Waals surface area (Å²) in [5.41, 5.74) is 1.88. The van der Waals surface area contributed by atoms with Crippen molar-refractivity contribution in [2.45, 2.75) is 38.2 Å². The quantitative estimate of drug-likeness (QED) is 0.742. The van der Waals surface area contributed by atoms with Gasteiger partial charge in [0.2, 0.25) is 0 Å². The summed E-state index contributed by atoms with van der Waals surface area (Å²) in [6, 6.07) is 1.92. The summed E-state index contributed by atoms with van der Waals surface area (Å²) in [7, 11) is 0. The normalized spacial score (nSPS) is 20.8. The minimum Gasteiger partial charge on any atom is -0.378 e. The smallest absolute Gasteiger partial charge is 0.131 e. The van der Waals surface area contributed by atoms with Crippen LogP contribution in [-0.4, -0.2) is 22.7 Å². The lowest BCUT2D eigenvalue weighted by Crippen LogP contribution is -2.12. The molecule has 0 bridgehead atoms. The standard InChI is InChI=1S/C11H15ClN2O/c1-8-5-9(7-12)14-11(13-8)6-10-3-2-4-15-10/h5,10H,2-4,6-7H2,1H3. The highest BCUT2D eigenvalue weighted by atomic mass is 35.5. The zero-order valence-electron chi connectivity index (χ0n) is 8.87. The molecule has 0 saturated carbocycles. The van der Waals surface area contributed by atoms with E-state index in [-0.39, 0.29) is 0 Å². The van der Waals surface area contributed by atoms with E-state index in [9.17, 15) is 0 Å². The second-order valence-electron chi connectivity index (χ2n) is 3.89. The Morgan fingerprint density at radius 3 is 3.07 bits per heavy atom. The lowest BCUT2D eigenvalue weighted by atomic mass is 10.1. The molecule has 1 aromatic rings. The Labute approximate surface area is 94.8 Å². The van der Waals surface area contributed by atoms with Gasteiger partial charge in [0.1, 0.15) is 5.82 Å². The van der Waals surface area contributed by atoms with Crippen molar-refractivity contribution in [2.75, 3.05) is 6.61 Å². The molecule has 0 N–H and O–H groups in total. The fourth-order valence-electron chi connectivity index (χ4n) is 1.87. The Balaban J connectivity index is 2.09. The minimum absolute atomic E-state index is 0.301. The zero-order chi connectivity index (χ0) is 10.7. The highest BCUT2D eigenvalue weighted by Crippen LogP contribution is 2.16. The molecule has 1 saturated heterocycles. The van der Waals surface area contributed by atoms with Gasteiger partial charge >= 0.3 is 0 Å². The fraction of sp³-hybridized carbons (Fsp3) is 0.636. The number of rotatable bonds is 3. The van der Waals surface area contributed by atoms with Gasteiger partial charge in [0.25, 0.3) is 0 Å². The first-order valence-electron chi connectivity index (χ1n) is 5.29. The van der Waals surface area contributed by atoms with Gasteiger partial charge in [-0.15, -0.1) is 11.6 Å². The summed E-state index contributed by atoms with van der Waals surface area (Å²) in [5, 5.41) is 0. The van der Waals surface area contributed by atoms with E-state index < -0.39 is 0 Å². The summed E-state index contributed by atoms with van der Waals surface area (Å²) >= 11 is 5.77. The Morgan fingerprint density at radius 1 is 1.53 bits per heavy atom. The summed E-state index contributed by atoms with van der Waals surface area (Å²) < 4.78 is 5.56. The number of hydrogen-bond acceptors (Lipinski definition) is 3. The molecule has 1 unspecified atom stereocenters. The van der Waals surface area contributed by atoms with Crippen LogP contribution < -0.4 is 0 Å². The van der Waals surface area contributed by atoms with Crippen molar-refractivity contribution in [3.8, 4) is 0 Å². The van der Waals surface area contributed by atoms with Crippen LogP contribution in [0.25, 0.3) is 0 Å².